The first-order valence-electron chi connectivity index (χ1n) is 7.57. The molecule has 0 aromatic heterocycles. The highest BCUT2D eigenvalue weighted by Crippen LogP contribution is 2.42. The zero-order valence-electron chi connectivity index (χ0n) is 13.0. The van der Waals surface area contributed by atoms with E-state index < -0.39 is 6.10 Å². The van der Waals surface area contributed by atoms with Crippen molar-refractivity contribution in [3.63, 3.8) is 0 Å². The van der Waals surface area contributed by atoms with Crippen LogP contribution in [-0.2, 0) is 0 Å². The molecule has 2 unspecified atom stereocenters. The summed E-state index contributed by atoms with van der Waals surface area (Å²) in [6.45, 7) is 5.51. The zero-order chi connectivity index (χ0) is 15.9. The standard InChI is InChI=1S/C19H20O3/c1-11-9-15(13(3)20)19-16(10-11)17(21)12(2)18(22-19)14-7-5-4-6-8-14/h4-10,12-13,18,20H,1-3H3/t12?,13-,18?/m1/s1. The topological polar surface area (TPSA) is 46.5 Å². The average Bonchev–Trinajstić information content (AvgIpc) is 2.51. The number of hydrogen-bond donors (Lipinski definition) is 1. The summed E-state index contributed by atoms with van der Waals surface area (Å²) in [6.07, 6.45) is -0.993. The number of fused-ring (bicyclic) bond motifs is 1. The Balaban J connectivity index is 2.13. The van der Waals surface area contributed by atoms with Crippen LogP contribution in [0.1, 0.15) is 53.1 Å². The van der Waals surface area contributed by atoms with Crippen molar-refractivity contribution in [3.8, 4) is 5.75 Å². The van der Waals surface area contributed by atoms with Crippen LogP contribution < -0.4 is 4.74 Å². The highest BCUT2D eigenvalue weighted by molar-refractivity contribution is 6.02. The van der Waals surface area contributed by atoms with Gasteiger partial charge in [0, 0.05) is 5.56 Å². The summed E-state index contributed by atoms with van der Waals surface area (Å²) in [6, 6.07) is 13.5. The number of ether oxygens (including phenoxy) is 1. The maximum absolute atomic E-state index is 12.8. The van der Waals surface area contributed by atoms with E-state index in [1.54, 1.807) is 6.92 Å². The van der Waals surface area contributed by atoms with E-state index in [4.69, 9.17) is 4.74 Å². The molecule has 0 saturated carbocycles. The van der Waals surface area contributed by atoms with Crippen LogP contribution in [0.25, 0.3) is 0 Å². The minimum atomic E-state index is -0.675. The van der Waals surface area contributed by atoms with Crippen LogP contribution in [-0.4, -0.2) is 10.9 Å². The van der Waals surface area contributed by atoms with Crippen LogP contribution >= 0.6 is 0 Å². The molecule has 114 valence electrons. The Morgan fingerprint density at radius 3 is 2.50 bits per heavy atom. The summed E-state index contributed by atoms with van der Waals surface area (Å²) < 4.78 is 6.17. The van der Waals surface area contributed by atoms with E-state index in [1.807, 2.05) is 56.3 Å². The van der Waals surface area contributed by atoms with Gasteiger partial charge in [-0.1, -0.05) is 37.3 Å². The molecule has 3 atom stereocenters. The number of aliphatic hydroxyl groups is 1. The molecule has 0 bridgehead atoms. The van der Waals surface area contributed by atoms with Gasteiger partial charge in [-0.05, 0) is 37.1 Å². The smallest absolute Gasteiger partial charge is 0.173 e. The number of ketones is 1. The Bertz CT molecular complexity index is 704. The normalized spacial score (nSPS) is 21.9. The van der Waals surface area contributed by atoms with Crippen molar-refractivity contribution >= 4 is 5.78 Å². The first-order chi connectivity index (χ1) is 10.5. The Morgan fingerprint density at radius 2 is 1.86 bits per heavy atom. The van der Waals surface area contributed by atoms with Crippen molar-refractivity contribution in [1.82, 2.24) is 0 Å². The fourth-order valence-corrected chi connectivity index (χ4v) is 3.04. The third kappa shape index (κ3) is 2.42. The largest absolute Gasteiger partial charge is 0.484 e. The summed E-state index contributed by atoms with van der Waals surface area (Å²) >= 11 is 0. The maximum Gasteiger partial charge on any atom is 0.173 e. The molecule has 3 nitrogen and oxygen atoms in total. The quantitative estimate of drug-likeness (QED) is 0.911. The molecule has 0 radical (unpaired) electrons. The molecule has 1 aliphatic rings. The van der Waals surface area contributed by atoms with Gasteiger partial charge >= 0.3 is 0 Å². The number of rotatable bonds is 2. The Kier molecular flexibility index (Phi) is 3.75. The minimum absolute atomic E-state index is 0.0701. The van der Waals surface area contributed by atoms with Crippen LogP contribution in [0.5, 0.6) is 5.75 Å². The lowest BCUT2D eigenvalue weighted by molar-refractivity contribution is 0.0675. The molecule has 1 heterocycles. The third-order valence-electron chi connectivity index (χ3n) is 4.22. The summed E-state index contributed by atoms with van der Waals surface area (Å²) in [5.41, 5.74) is 3.19. The van der Waals surface area contributed by atoms with Crippen molar-refractivity contribution in [2.75, 3.05) is 0 Å². The van der Waals surface area contributed by atoms with E-state index in [-0.39, 0.29) is 17.8 Å². The monoisotopic (exact) mass is 296 g/mol. The molecule has 0 spiro atoms. The van der Waals surface area contributed by atoms with Crippen LogP contribution in [0.4, 0.5) is 0 Å². The first-order valence-corrected chi connectivity index (χ1v) is 7.57. The van der Waals surface area contributed by atoms with E-state index in [1.165, 1.54) is 0 Å². The predicted octanol–water partition coefficient (Wildman–Crippen LogP) is 4.00. The Hall–Kier alpha value is -2.13. The van der Waals surface area contributed by atoms with Gasteiger partial charge in [-0.25, -0.2) is 0 Å². The van der Waals surface area contributed by atoms with Crippen LogP contribution in [0.15, 0.2) is 42.5 Å². The molecule has 2 aromatic carbocycles. The molecular weight excluding hydrogens is 276 g/mol. The second kappa shape index (κ2) is 5.58. The lowest BCUT2D eigenvalue weighted by Crippen LogP contribution is -2.30. The summed E-state index contributed by atoms with van der Waals surface area (Å²) in [4.78, 5) is 12.8. The number of carbonyl (C=O) groups is 1. The van der Waals surface area contributed by atoms with E-state index >= 15 is 0 Å². The Labute approximate surface area is 130 Å². The molecule has 0 fully saturated rings. The lowest BCUT2D eigenvalue weighted by Gasteiger charge is -2.33. The molecule has 2 aromatic rings. The number of Topliss-reactive ketones (excluding diaryl/α,β-unsaturated/α-hetero) is 1. The van der Waals surface area contributed by atoms with Crippen molar-refractivity contribution in [2.45, 2.75) is 33.0 Å². The van der Waals surface area contributed by atoms with E-state index in [9.17, 15) is 9.90 Å². The van der Waals surface area contributed by atoms with Crippen LogP contribution in [0.3, 0.4) is 0 Å². The van der Waals surface area contributed by atoms with Crippen molar-refractivity contribution in [3.05, 3.63) is 64.7 Å². The maximum atomic E-state index is 12.8. The molecule has 1 N–H and O–H groups in total. The van der Waals surface area contributed by atoms with Gasteiger partial charge in [-0.3, -0.25) is 4.79 Å². The van der Waals surface area contributed by atoms with Crippen LogP contribution in [0, 0.1) is 12.8 Å². The summed E-state index contributed by atoms with van der Waals surface area (Å²) in [7, 11) is 0. The predicted molar refractivity (Wildman–Crippen MR) is 85.1 cm³/mol. The number of hydrogen-bond acceptors (Lipinski definition) is 3. The molecular formula is C19H20O3. The Morgan fingerprint density at radius 1 is 1.18 bits per heavy atom. The fraction of sp³-hybridized carbons (Fsp3) is 0.316. The molecule has 0 amide bonds. The fourth-order valence-electron chi connectivity index (χ4n) is 3.04. The number of benzene rings is 2. The summed E-state index contributed by atoms with van der Waals surface area (Å²) in [5.74, 6) is 0.344. The molecule has 1 aliphatic heterocycles. The minimum Gasteiger partial charge on any atom is -0.484 e. The van der Waals surface area contributed by atoms with Crippen molar-refractivity contribution in [1.29, 1.82) is 0 Å². The number of carbonyl (C=O) groups excluding carboxylic acids is 1. The van der Waals surface area contributed by atoms with Gasteiger partial charge in [-0.15, -0.1) is 0 Å². The van der Waals surface area contributed by atoms with E-state index in [2.05, 4.69) is 0 Å². The van der Waals surface area contributed by atoms with Crippen LogP contribution in [0.2, 0.25) is 0 Å². The third-order valence-corrected chi connectivity index (χ3v) is 4.22. The highest BCUT2D eigenvalue weighted by atomic mass is 16.5. The average molecular weight is 296 g/mol. The highest BCUT2D eigenvalue weighted by Gasteiger charge is 2.36. The number of aliphatic hydroxyl groups excluding tert-OH is 1. The van der Waals surface area contributed by atoms with Crippen molar-refractivity contribution in [2.24, 2.45) is 5.92 Å². The first kappa shape index (κ1) is 14.8. The summed E-state index contributed by atoms with van der Waals surface area (Å²) in [5, 5.41) is 10.0. The van der Waals surface area contributed by atoms with Gasteiger partial charge in [-0.2, -0.15) is 0 Å². The number of aryl methyl sites for hydroxylation is 1. The van der Waals surface area contributed by atoms with Gasteiger partial charge in [0.1, 0.15) is 11.9 Å². The lowest BCUT2D eigenvalue weighted by atomic mass is 9.85. The SMILES string of the molecule is Cc1cc2c(c([C@@H](C)O)c1)OC(c1ccccc1)C(C)C2=O. The molecule has 3 heteroatoms. The second-order valence-electron chi connectivity index (χ2n) is 6.01. The van der Waals surface area contributed by atoms with Gasteiger partial charge in [0.25, 0.3) is 0 Å². The second-order valence-corrected chi connectivity index (χ2v) is 6.01. The molecule has 0 saturated heterocycles. The molecule has 22 heavy (non-hydrogen) atoms. The zero-order valence-corrected chi connectivity index (χ0v) is 13.0. The van der Waals surface area contributed by atoms with E-state index in [0.717, 1.165) is 11.1 Å². The van der Waals surface area contributed by atoms with Gasteiger partial charge < -0.3 is 9.84 Å². The molecule has 0 aliphatic carbocycles. The van der Waals surface area contributed by atoms with Gasteiger partial charge in [0.05, 0.1) is 17.6 Å². The molecule has 3 rings (SSSR count). The van der Waals surface area contributed by atoms with Gasteiger partial charge in [0.15, 0.2) is 5.78 Å². The van der Waals surface area contributed by atoms with Crippen molar-refractivity contribution < 1.29 is 14.6 Å². The van der Waals surface area contributed by atoms with E-state index in [0.29, 0.717) is 16.9 Å². The van der Waals surface area contributed by atoms with Gasteiger partial charge in [0.2, 0.25) is 0 Å².